The summed E-state index contributed by atoms with van der Waals surface area (Å²) in [6, 6.07) is 15.6. The second-order valence-electron chi connectivity index (χ2n) is 8.77. The first kappa shape index (κ1) is 23.9. The molecule has 1 saturated heterocycles. The molecule has 0 bridgehead atoms. The molecule has 7 nitrogen and oxygen atoms in total. The Morgan fingerprint density at radius 1 is 1.11 bits per heavy atom. The number of likely N-dealkylation sites (tertiary alicyclic amines) is 1. The molecule has 1 fully saturated rings. The van der Waals surface area contributed by atoms with Gasteiger partial charge in [-0.3, -0.25) is 9.59 Å². The normalized spacial score (nSPS) is 14.1. The lowest BCUT2D eigenvalue weighted by Gasteiger charge is -2.31. The number of hydrogen-bond donors (Lipinski definition) is 1. The first-order valence-electron chi connectivity index (χ1n) is 11.8. The van der Waals surface area contributed by atoms with Gasteiger partial charge in [-0.1, -0.05) is 47.6 Å². The lowest BCUT2D eigenvalue weighted by Crippen LogP contribution is -2.38. The average molecular weight is 505 g/mol. The molecule has 184 valence electrons. The van der Waals surface area contributed by atoms with Gasteiger partial charge in [0.1, 0.15) is 28.5 Å². The zero-order valence-corrected chi connectivity index (χ0v) is 20.6. The van der Waals surface area contributed by atoms with Crippen LogP contribution >= 0.6 is 11.3 Å². The zero-order chi connectivity index (χ0) is 25.1. The highest BCUT2D eigenvalue weighted by Gasteiger charge is 2.30. The van der Waals surface area contributed by atoms with Crippen molar-refractivity contribution in [2.75, 3.05) is 13.1 Å². The summed E-state index contributed by atoms with van der Waals surface area (Å²) >= 11 is 1.47. The molecule has 0 unspecified atom stereocenters. The molecule has 2 aromatic heterocycles. The van der Waals surface area contributed by atoms with E-state index in [1.165, 1.54) is 23.5 Å². The largest absolute Gasteiger partial charge is 0.360 e. The topological polar surface area (TPSA) is 88.3 Å². The van der Waals surface area contributed by atoms with Crippen LogP contribution in [0.15, 0.2) is 64.5 Å². The van der Waals surface area contributed by atoms with Crippen molar-refractivity contribution in [3.8, 4) is 11.3 Å². The molecule has 2 amide bonds. The molecule has 0 atom stereocenters. The van der Waals surface area contributed by atoms with Gasteiger partial charge in [-0.2, -0.15) is 0 Å². The van der Waals surface area contributed by atoms with Gasteiger partial charge in [-0.05, 0) is 37.5 Å². The number of rotatable bonds is 6. The number of hydrogen-bond acceptors (Lipinski definition) is 6. The molecule has 36 heavy (non-hydrogen) atoms. The van der Waals surface area contributed by atoms with Gasteiger partial charge in [0.05, 0.1) is 5.01 Å². The van der Waals surface area contributed by atoms with E-state index in [2.05, 4.69) is 15.5 Å². The molecule has 3 heterocycles. The Bertz CT molecular complexity index is 1360. The summed E-state index contributed by atoms with van der Waals surface area (Å²) in [5.74, 6) is 0.0547. The van der Waals surface area contributed by atoms with Crippen LogP contribution in [0.2, 0.25) is 0 Å². The second-order valence-corrected chi connectivity index (χ2v) is 9.66. The van der Waals surface area contributed by atoms with Crippen LogP contribution in [0.4, 0.5) is 4.39 Å². The lowest BCUT2D eigenvalue weighted by molar-refractivity contribution is 0.0711. The maximum atomic E-state index is 13.4. The highest BCUT2D eigenvalue weighted by atomic mass is 32.1. The van der Waals surface area contributed by atoms with Crippen LogP contribution in [0.1, 0.15) is 55.9 Å². The van der Waals surface area contributed by atoms with Crippen molar-refractivity contribution >= 4 is 23.2 Å². The van der Waals surface area contributed by atoms with Gasteiger partial charge in [0.15, 0.2) is 0 Å². The zero-order valence-electron chi connectivity index (χ0n) is 19.7. The molecule has 1 N–H and O–H groups in total. The van der Waals surface area contributed by atoms with Gasteiger partial charge in [0.25, 0.3) is 11.8 Å². The summed E-state index contributed by atoms with van der Waals surface area (Å²) in [5, 5.41) is 9.63. The SMILES string of the molecule is Cc1onc(-c2ccccc2)c1C(=O)N1CCC(c2nc(C(=O)NCc3ccc(F)cc3)cs2)CC1. The molecule has 9 heteroatoms. The number of thiazole rings is 1. The summed E-state index contributed by atoms with van der Waals surface area (Å²) in [6.45, 7) is 3.25. The standard InChI is InChI=1S/C27H25FN4O3S/c1-17-23(24(31-35-17)19-5-3-2-4-6-19)27(34)32-13-11-20(12-14-32)26-30-22(16-36-26)25(33)29-15-18-7-9-21(28)10-8-18/h2-10,16,20H,11-15H2,1H3,(H,29,33). The number of aryl methyl sites for hydroxylation is 1. The predicted molar refractivity (Wildman–Crippen MR) is 134 cm³/mol. The van der Waals surface area contributed by atoms with E-state index in [-0.39, 0.29) is 23.5 Å². The number of benzene rings is 2. The van der Waals surface area contributed by atoms with Crippen molar-refractivity contribution in [2.24, 2.45) is 0 Å². The van der Waals surface area contributed by atoms with Gasteiger partial charge in [-0.25, -0.2) is 9.37 Å². The van der Waals surface area contributed by atoms with Gasteiger partial charge >= 0.3 is 0 Å². The summed E-state index contributed by atoms with van der Waals surface area (Å²) in [7, 11) is 0. The van der Waals surface area contributed by atoms with E-state index >= 15 is 0 Å². The van der Waals surface area contributed by atoms with Crippen molar-refractivity contribution in [3.63, 3.8) is 0 Å². The van der Waals surface area contributed by atoms with Gasteiger partial charge in [0.2, 0.25) is 0 Å². The fraction of sp³-hybridized carbons (Fsp3) is 0.259. The van der Waals surface area contributed by atoms with Crippen molar-refractivity contribution in [3.05, 3.63) is 93.4 Å². The molecule has 1 aliphatic rings. The first-order valence-corrected chi connectivity index (χ1v) is 12.7. The third-order valence-electron chi connectivity index (χ3n) is 6.38. The highest BCUT2D eigenvalue weighted by Crippen LogP contribution is 2.32. The minimum absolute atomic E-state index is 0.0777. The molecule has 0 radical (unpaired) electrons. The van der Waals surface area contributed by atoms with E-state index in [1.807, 2.05) is 35.2 Å². The first-order chi connectivity index (χ1) is 17.5. The molecule has 0 aliphatic carbocycles. The van der Waals surface area contributed by atoms with Crippen molar-refractivity contribution in [1.29, 1.82) is 0 Å². The smallest absolute Gasteiger partial charge is 0.271 e. The fourth-order valence-electron chi connectivity index (χ4n) is 4.36. The fourth-order valence-corrected chi connectivity index (χ4v) is 5.33. The van der Waals surface area contributed by atoms with Crippen LogP contribution in [-0.4, -0.2) is 39.9 Å². The molecule has 0 spiro atoms. The van der Waals surface area contributed by atoms with Crippen LogP contribution in [0.25, 0.3) is 11.3 Å². The van der Waals surface area contributed by atoms with Crippen LogP contribution in [0.3, 0.4) is 0 Å². The maximum Gasteiger partial charge on any atom is 0.271 e. The minimum Gasteiger partial charge on any atom is -0.360 e. The predicted octanol–water partition coefficient (Wildman–Crippen LogP) is 5.20. The van der Waals surface area contributed by atoms with Crippen LogP contribution in [-0.2, 0) is 6.54 Å². The van der Waals surface area contributed by atoms with E-state index in [0.29, 0.717) is 42.3 Å². The van der Waals surface area contributed by atoms with E-state index in [0.717, 1.165) is 29.0 Å². The summed E-state index contributed by atoms with van der Waals surface area (Å²) in [4.78, 5) is 32.3. The number of aromatic nitrogens is 2. The number of carbonyl (C=O) groups is 2. The van der Waals surface area contributed by atoms with Crippen LogP contribution in [0.5, 0.6) is 0 Å². The van der Waals surface area contributed by atoms with E-state index in [1.54, 1.807) is 24.4 Å². The van der Waals surface area contributed by atoms with Crippen molar-refractivity contribution in [2.45, 2.75) is 32.2 Å². The number of halogens is 1. The van der Waals surface area contributed by atoms with Crippen molar-refractivity contribution in [1.82, 2.24) is 20.4 Å². The van der Waals surface area contributed by atoms with E-state index in [9.17, 15) is 14.0 Å². The monoisotopic (exact) mass is 504 g/mol. The Balaban J connectivity index is 1.19. The van der Waals surface area contributed by atoms with Crippen LogP contribution < -0.4 is 5.32 Å². The Hall–Kier alpha value is -3.85. The summed E-state index contributed by atoms with van der Waals surface area (Å²) < 4.78 is 18.4. The number of carbonyl (C=O) groups excluding carboxylic acids is 2. The van der Waals surface area contributed by atoms with Gasteiger partial charge < -0.3 is 14.7 Å². The number of amides is 2. The van der Waals surface area contributed by atoms with Crippen molar-refractivity contribution < 1.29 is 18.5 Å². The molecule has 2 aromatic carbocycles. The Kier molecular flexibility index (Phi) is 6.90. The third kappa shape index (κ3) is 5.06. The maximum absolute atomic E-state index is 13.4. The van der Waals surface area contributed by atoms with Crippen LogP contribution in [0, 0.1) is 12.7 Å². The van der Waals surface area contributed by atoms with Gasteiger partial charge in [0, 0.05) is 36.5 Å². The third-order valence-corrected chi connectivity index (χ3v) is 7.38. The van der Waals surface area contributed by atoms with E-state index in [4.69, 9.17) is 4.52 Å². The molecule has 5 rings (SSSR count). The van der Waals surface area contributed by atoms with Gasteiger partial charge in [-0.15, -0.1) is 11.3 Å². The van der Waals surface area contributed by atoms with E-state index < -0.39 is 0 Å². The highest BCUT2D eigenvalue weighted by molar-refractivity contribution is 7.09. The number of nitrogens with zero attached hydrogens (tertiary/aromatic N) is 3. The molecular weight excluding hydrogens is 479 g/mol. The Labute approximate surface area is 212 Å². The second kappa shape index (κ2) is 10.4. The Morgan fingerprint density at radius 3 is 2.56 bits per heavy atom. The number of piperidine rings is 1. The molecule has 4 aromatic rings. The quantitative estimate of drug-likeness (QED) is 0.390. The molecular formula is C27H25FN4O3S. The average Bonchev–Trinajstić information content (AvgIpc) is 3.56. The minimum atomic E-state index is -0.310. The Morgan fingerprint density at radius 2 is 1.83 bits per heavy atom. The summed E-state index contributed by atoms with van der Waals surface area (Å²) in [5.41, 5.74) is 3.12. The molecule has 1 aliphatic heterocycles. The summed E-state index contributed by atoms with van der Waals surface area (Å²) in [6.07, 6.45) is 1.53. The number of nitrogens with one attached hydrogen (secondary N) is 1. The lowest BCUT2D eigenvalue weighted by atomic mass is 9.96. The molecule has 0 saturated carbocycles.